The molecule has 0 aromatic rings. The summed E-state index contributed by atoms with van der Waals surface area (Å²) in [6.45, 7) is 19.0. The molecule has 6 atom stereocenters. The summed E-state index contributed by atoms with van der Waals surface area (Å²) in [6, 6.07) is 0. The molecule has 182 valence electrons. The largest absolute Gasteiger partial charge is 0.355 e. The Morgan fingerprint density at radius 1 is 0.567 bits per heavy atom. The second-order valence-electron chi connectivity index (χ2n) is 10.7. The van der Waals surface area contributed by atoms with Crippen molar-refractivity contribution in [2.45, 2.75) is 113 Å². The minimum Gasteiger partial charge on any atom is -0.355 e. The van der Waals surface area contributed by atoms with Gasteiger partial charge in [-0.25, -0.2) is 0 Å². The molecule has 0 rings (SSSR count). The van der Waals surface area contributed by atoms with Gasteiger partial charge in [0, 0.05) is 18.5 Å². The third-order valence-electron chi connectivity index (χ3n) is 6.35. The smallest absolute Gasteiger partial charge is 0.146 e. The average Bonchev–Trinajstić information content (AvgIpc) is 2.64. The quantitative estimate of drug-likeness (QED) is 0.0905. The highest BCUT2D eigenvalue weighted by Crippen LogP contribution is 2.29. The summed E-state index contributed by atoms with van der Waals surface area (Å²) in [5.41, 5.74) is 0. The van der Waals surface area contributed by atoms with Gasteiger partial charge in [0.05, 0.1) is 0 Å². The van der Waals surface area contributed by atoms with Crippen LogP contribution in [0.4, 0.5) is 0 Å². The molecule has 3 heteroatoms. The Kier molecular flexibility index (Phi) is 20.3. The van der Waals surface area contributed by atoms with Gasteiger partial charge in [-0.2, -0.15) is 0 Å². The maximum atomic E-state index is 5.55. The van der Waals surface area contributed by atoms with E-state index in [1.54, 1.807) is 0 Å². The van der Waals surface area contributed by atoms with Crippen molar-refractivity contribution in [2.75, 3.05) is 25.3 Å². The van der Waals surface area contributed by atoms with Gasteiger partial charge in [-0.3, -0.25) is 0 Å². The summed E-state index contributed by atoms with van der Waals surface area (Å²) >= 11 is 3.56. The molecule has 0 bridgehead atoms. The van der Waals surface area contributed by atoms with Gasteiger partial charge in [-0.1, -0.05) is 64.4 Å². The summed E-state index contributed by atoms with van der Waals surface area (Å²) in [7, 11) is 0. The lowest BCUT2D eigenvalue weighted by Gasteiger charge is -2.25. The molecule has 0 N–H and O–H groups in total. The van der Waals surface area contributed by atoms with E-state index in [1.807, 2.05) is 0 Å². The monoisotopic (exact) mass is 490 g/mol. The van der Waals surface area contributed by atoms with Crippen LogP contribution in [-0.4, -0.2) is 25.3 Å². The molecule has 6 unspecified atom stereocenters. The molecule has 0 amide bonds. The molecular formula is C27H55BrO2. The lowest BCUT2D eigenvalue weighted by molar-refractivity contribution is -0.0549. The molecule has 2 nitrogen and oxygen atoms in total. The zero-order valence-corrected chi connectivity index (χ0v) is 23.1. The normalized spacial score (nSPS) is 18.0. The van der Waals surface area contributed by atoms with Crippen LogP contribution in [0.2, 0.25) is 0 Å². The van der Waals surface area contributed by atoms with Crippen LogP contribution in [0.3, 0.4) is 0 Å². The topological polar surface area (TPSA) is 18.5 Å². The van der Waals surface area contributed by atoms with Crippen molar-refractivity contribution in [1.29, 1.82) is 0 Å². The van der Waals surface area contributed by atoms with Crippen LogP contribution in [-0.2, 0) is 9.47 Å². The third-order valence-corrected chi connectivity index (χ3v) is 6.92. The molecule has 0 spiro atoms. The highest BCUT2D eigenvalue weighted by atomic mass is 79.9. The van der Waals surface area contributed by atoms with Crippen molar-refractivity contribution in [1.82, 2.24) is 0 Å². The first-order valence-corrected chi connectivity index (χ1v) is 14.1. The molecular weight excluding hydrogens is 436 g/mol. The highest BCUT2D eigenvalue weighted by molar-refractivity contribution is 9.09. The first-order chi connectivity index (χ1) is 14.3. The minimum absolute atomic E-state index is 0.461. The first-order valence-electron chi connectivity index (χ1n) is 13.0. The number of rotatable bonds is 21. The Labute approximate surface area is 198 Å². The van der Waals surface area contributed by atoms with Crippen LogP contribution < -0.4 is 0 Å². The molecule has 30 heavy (non-hydrogen) atoms. The summed E-state index contributed by atoms with van der Waals surface area (Å²) in [6.07, 6.45) is 13.1. The third kappa shape index (κ3) is 19.1. The van der Waals surface area contributed by atoms with Gasteiger partial charge in [0.25, 0.3) is 0 Å². The van der Waals surface area contributed by atoms with E-state index in [0.717, 1.165) is 66.9 Å². The second kappa shape index (κ2) is 20.0. The van der Waals surface area contributed by atoms with Crippen LogP contribution in [0.5, 0.6) is 0 Å². The lowest BCUT2D eigenvalue weighted by atomic mass is 9.81. The lowest BCUT2D eigenvalue weighted by Crippen LogP contribution is -2.13. The van der Waals surface area contributed by atoms with Crippen molar-refractivity contribution in [3.63, 3.8) is 0 Å². The average molecular weight is 492 g/mol. The fraction of sp³-hybridized carbons (Fsp3) is 1.00. The molecule has 0 aromatic heterocycles. The number of halogens is 1. The molecule has 0 aliphatic heterocycles. The van der Waals surface area contributed by atoms with Gasteiger partial charge in [0.1, 0.15) is 6.79 Å². The van der Waals surface area contributed by atoms with Crippen LogP contribution >= 0.6 is 15.9 Å². The molecule has 0 heterocycles. The minimum atomic E-state index is 0.461. The van der Waals surface area contributed by atoms with Gasteiger partial charge in [-0.05, 0) is 99.7 Å². The summed E-state index contributed by atoms with van der Waals surface area (Å²) in [4.78, 5) is 0. The van der Waals surface area contributed by atoms with Crippen molar-refractivity contribution in [3.05, 3.63) is 0 Å². The van der Waals surface area contributed by atoms with Crippen LogP contribution in [0.1, 0.15) is 113 Å². The zero-order chi connectivity index (χ0) is 22.8. The molecule has 0 aliphatic carbocycles. The van der Waals surface area contributed by atoms with Gasteiger partial charge >= 0.3 is 0 Å². The van der Waals surface area contributed by atoms with Crippen molar-refractivity contribution in [2.24, 2.45) is 35.5 Å². The maximum Gasteiger partial charge on any atom is 0.146 e. The van der Waals surface area contributed by atoms with Crippen molar-refractivity contribution >= 4 is 15.9 Å². The summed E-state index contributed by atoms with van der Waals surface area (Å²) in [5, 5.41) is 1.15. The van der Waals surface area contributed by atoms with Gasteiger partial charge in [-0.15, -0.1) is 0 Å². The summed E-state index contributed by atoms with van der Waals surface area (Å²) in [5.74, 6) is 5.07. The number of alkyl halides is 1. The summed E-state index contributed by atoms with van der Waals surface area (Å²) < 4.78 is 10.9. The fourth-order valence-electron chi connectivity index (χ4n) is 5.34. The van der Waals surface area contributed by atoms with Crippen LogP contribution in [0.25, 0.3) is 0 Å². The molecule has 0 saturated carbocycles. The van der Waals surface area contributed by atoms with E-state index in [4.69, 9.17) is 9.47 Å². The second-order valence-corrected chi connectivity index (χ2v) is 11.5. The van der Waals surface area contributed by atoms with E-state index in [1.165, 1.54) is 51.4 Å². The molecule has 0 radical (unpaired) electrons. The van der Waals surface area contributed by atoms with Crippen molar-refractivity contribution < 1.29 is 9.47 Å². The van der Waals surface area contributed by atoms with Crippen molar-refractivity contribution in [3.8, 4) is 0 Å². The number of ether oxygens (including phenoxy) is 2. The molecule has 0 aromatic carbocycles. The maximum absolute atomic E-state index is 5.55. The number of hydrogen-bond acceptors (Lipinski definition) is 2. The Hall–Kier alpha value is 0.400. The predicted octanol–water partition coefficient (Wildman–Crippen LogP) is 9.11. The standard InChI is InChI=1S/C27H55BrO2/c1-8-14-29-21-30-15-10-12-23(3)17-25(5)19-27(7)20-26(6)18-24(4)16-22(2)11-9-13-28/h22-27H,8-21H2,1-7H3. The number of hydrogen-bond donors (Lipinski definition) is 0. The molecule has 0 aliphatic rings. The van der Waals surface area contributed by atoms with Crippen LogP contribution in [0, 0.1) is 35.5 Å². The Bertz CT molecular complexity index is 363. The van der Waals surface area contributed by atoms with Crippen LogP contribution in [0.15, 0.2) is 0 Å². The van der Waals surface area contributed by atoms with E-state index >= 15 is 0 Å². The van der Waals surface area contributed by atoms with E-state index in [-0.39, 0.29) is 0 Å². The Balaban J connectivity index is 3.88. The van der Waals surface area contributed by atoms with E-state index in [0.29, 0.717) is 6.79 Å². The first kappa shape index (κ1) is 30.4. The Morgan fingerprint density at radius 3 is 1.40 bits per heavy atom. The highest BCUT2D eigenvalue weighted by Gasteiger charge is 2.17. The van der Waals surface area contributed by atoms with Gasteiger partial charge in [0.15, 0.2) is 0 Å². The van der Waals surface area contributed by atoms with E-state index in [2.05, 4.69) is 64.4 Å². The molecule has 0 saturated heterocycles. The predicted molar refractivity (Wildman–Crippen MR) is 137 cm³/mol. The Morgan fingerprint density at radius 2 is 0.967 bits per heavy atom. The SMILES string of the molecule is CCCOCOCCCC(C)CC(C)CC(C)CC(C)CC(C)CC(C)CCCBr. The molecule has 0 fully saturated rings. The van der Waals surface area contributed by atoms with Gasteiger partial charge < -0.3 is 9.47 Å². The van der Waals surface area contributed by atoms with E-state index in [9.17, 15) is 0 Å². The van der Waals surface area contributed by atoms with E-state index < -0.39 is 0 Å². The fourth-order valence-corrected chi connectivity index (χ4v) is 5.66. The zero-order valence-electron chi connectivity index (χ0n) is 21.6. The van der Waals surface area contributed by atoms with Gasteiger partial charge in [0.2, 0.25) is 0 Å².